The highest BCUT2D eigenvalue weighted by Gasteiger charge is 2.30. The number of alkyl halides is 3. The van der Waals surface area contributed by atoms with Crippen LogP contribution in [0.4, 0.5) is 13.2 Å². The number of hydrogen-bond donors (Lipinski definition) is 1. The van der Waals surface area contributed by atoms with Gasteiger partial charge in [0.1, 0.15) is 0 Å². The third-order valence-electron chi connectivity index (χ3n) is 3.60. The molecular weight excluding hydrogens is 303 g/mol. The third-order valence-corrected chi connectivity index (χ3v) is 3.60. The molecule has 128 valence electrons. The number of benzene rings is 1. The summed E-state index contributed by atoms with van der Waals surface area (Å²) in [4.78, 5) is 12.3. The van der Waals surface area contributed by atoms with Crippen LogP contribution in [0, 0.1) is 0 Å². The first-order chi connectivity index (χ1) is 10.9. The number of halogens is 3. The van der Waals surface area contributed by atoms with Gasteiger partial charge in [-0.15, -0.1) is 0 Å². The lowest BCUT2D eigenvalue weighted by molar-refractivity contribution is -0.137. The summed E-state index contributed by atoms with van der Waals surface area (Å²) in [5.74, 6) is -0.129. The number of nitrogens with one attached hydrogen (secondary N) is 1. The summed E-state index contributed by atoms with van der Waals surface area (Å²) in [6.45, 7) is 2.11. The average molecular weight is 327 g/mol. The molecule has 0 spiro atoms. The molecule has 0 bridgehead atoms. The maximum atomic E-state index is 12.7. The topological polar surface area (TPSA) is 29.1 Å². The fraction of sp³-hybridized carbons (Fsp3) is 0.500. The summed E-state index contributed by atoms with van der Waals surface area (Å²) in [7, 11) is 1.71. The van der Waals surface area contributed by atoms with Crippen molar-refractivity contribution in [2.45, 2.75) is 51.6 Å². The lowest BCUT2D eigenvalue weighted by Crippen LogP contribution is -2.11. The second kappa shape index (κ2) is 9.38. The number of hydrogen-bond acceptors (Lipinski definition) is 2. The van der Waals surface area contributed by atoms with Crippen molar-refractivity contribution in [3.63, 3.8) is 0 Å². The van der Waals surface area contributed by atoms with Crippen molar-refractivity contribution in [2.75, 3.05) is 7.05 Å². The normalized spacial score (nSPS) is 12.3. The van der Waals surface area contributed by atoms with Crippen LogP contribution in [0.25, 0.3) is 0 Å². The van der Waals surface area contributed by atoms with Crippen LogP contribution in [0.2, 0.25) is 0 Å². The monoisotopic (exact) mass is 327 g/mol. The smallest absolute Gasteiger partial charge is 0.394 e. The lowest BCUT2D eigenvalue weighted by Gasteiger charge is -2.10. The van der Waals surface area contributed by atoms with Crippen molar-refractivity contribution in [3.8, 4) is 0 Å². The fourth-order valence-electron chi connectivity index (χ4n) is 2.37. The molecule has 1 rings (SSSR count). The number of carbonyl (C=O) groups excluding carboxylic acids is 1. The molecule has 0 unspecified atom stereocenters. The van der Waals surface area contributed by atoms with E-state index in [1.165, 1.54) is 6.07 Å². The molecule has 0 amide bonds. The quantitative estimate of drug-likeness (QED) is 0.517. The summed E-state index contributed by atoms with van der Waals surface area (Å²) in [6, 6.07) is 4.96. The van der Waals surface area contributed by atoms with E-state index >= 15 is 0 Å². The molecule has 1 aromatic carbocycles. The fourth-order valence-corrected chi connectivity index (χ4v) is 2.37. The Balaban J connectivity index is 2.73. The zero-order chi connectivity index (χ0) is 17.3. The second-order valence-electron chi connectivity index (χ2n) is 5.57. The van der Waals surface area contributed by atoms with Crippen molar-refractivity contribution in [1.82, 2.24) is 5.32 Å². The Labute approximate surface area is 135 Å². The zero-order valence-corrected chi connectivity index (χ0v) is 13.7. The molecule has 0 aliphatic carbocycles. The van der Waals surface area contributed by atoms with Crippen molar-refractivity contribution in [3.05, 3.63) is 47.2 Å². The number of carbonyl (C=O) groups is 1. The van der Waals surface area contributed by atoms with E-state index in [9.17, 15) is 18.0 Å². The van der Waals surface area contributed by atoms with Crippen LogP contribution >= 0.6 is 0 Å². The van der Waals surface area contributed by atoms with Gasteiger partial charge >= 0.3 is 6.18 Å². The van der Waals surface area contributed by atoms with Crippen LogP contribution in [0.5, 0.6) is 0 Å². The highest BCUT2D eigenvalue weighted by Crippen LogP contribution is 2.29. The largest absolute Gasteiger partial charge is 0.416 e. The highest BCUT2D eigenvalue weighted by molar-refractivity contribution is 5.96. The van der Waals surface area contributed by atoms with Gasteiger partial charge in [-0.25, -0.2) is 0 Å². The van der Waals surface area contributed by atoms with Gasteiger partial charge in [0.2, 0.25) is 0 Å². The molecule has 0 aromatic heterocycles. The second-order valence-corrected chi connectivity index (χ2v) is 5.57. The van der Waals surface area contributed by atoms with E-state index in [4.69, 9.17) is 0 Å². The summed E-state index contributed by atoms with van der Waals surface area (Å²) in [6.07, 6.45) is 2.11. The Bertz CT molecular complexity index is 535. The van der Waals surface area contributed by atoms with Crippen molar-refractivity contribution < 1.29 is 18.0 Å². The first-order valence-corrected chi connectivity index (χ1v) is 7.94. The lowest BCUT2D eigenvalue weighted by atomic mass is 9.98. The van der Waals surface area contributed by atoms with Crippen LogP contribution in [0.15, 0.2) is 36.0 Å². The minimum absolute atomic E-state index is 0.00872. The van der Waals surface area contributed by atoms with Gasteiger partial charge in [0.05, 0.1) is 5.56 Å². The van der Waals surface area contributed by atoms with Crippen molar-refractivity contribution in [1.29, 1.82) is 0 Å². The molecule has 0 aliphatic heterocycles. The molecule has 0 saturated heterocycles. The van der Waals surface area contributed by atoms with E-state index in [1.807, 2.05) is 0 Å². The summed E-state index contributed by atoms with van der Waals surface area (Å²) >= 11 is 0. The van der Waals surface area contributed by atoms with Gasteiger partial charge < -0.3 is 5.32 Å². The standard InChI is InChI=1S/C18H24F3NO/c1-3-4-5-6-9-15(13-22-2)17(23)12-14-8-7-10-16(11-14)18(19,20)21/h7-8,10-11,13,22H,3-6,9,12H2,1-2H3. The van der Waals surface area contributed by atoms with E-state index in [2.05, 4.69) is 12.2 Å². The van der Waals surface area contributed by atoms with Crippen molar-refractivity contribution >= 4 is 5.78 Å². The van der Waals surface area contributed by atoms with Crippen LogP contribution in [0.3, 0.4) is 0 Å². The van der Waals surface area contributed by atoms with Gasteiger partial charge in [-0.1, -0.05) is 44.4 Å². The van der Waals surface area contributed by atoms with Crippen LogP contribution < -0.4 is 5.32 Å². The molecule has 2 nitrogen and oxygen atoms in total. The van der Waals surface area contributed by atoms with Crippen molar-refractivity contribution in [2.24, 2.45) is 0 Å². The van der Waals surface area contributed by atoms with E-state index in [0.29, 0.717) is 17.6 Å². The maximum Gasteiger partial charge on any atom is 0.416 e. The predicted molar refractivity (Wildman–Crippen MR) is 86.1 cm³/mol. The molecule has 0 saturated carbocycles. The molecule has 1 N–H and O–H groups in total. The highest BCUT2D eigenvalue weighted by atomic mass is 19.4. The minimum atomic E-state index is -4.39. The third kappa shape index (κ3) is 6.89. The molecule has 0 heterocycles. The molecule has 0 radical (unpaired) electrons. The summed E-state index contributed by atoms with van der Waals surface area (Å²) < 4.78 is 38.2. The van der Waals surface area contributed by atoms with Crippen LogP contribution in [-0.2, 0) is 17.4 Å². The SMILES string of the molecule is CCCCCCC(=CNC)C(=O)Cc1cccc(C(F)(F)F)c1. The van der Waals surface area contributed by atoms with Gasteiger partial charge in [0.15, 0.2) is 5.78 Å². The molecule has 1 aromatic rings. The van der Waals surface area contributed by atoms with Crippen LogP contribution in [0.1, 0.15) is 50.2 Å². The number of unbranched alkanes of at least 4 members (excludes halogenated alkanes) is 3. The summed E-state index contributed by atoms with van der Waals surface area (Å²) in [5.41, 5.74) is 0.311. The Morgan fingerprint density at radius 3 is 2.57 bits per heavy atom. The first-order valence-electron chi connectivity index (χ1n) is 7.94. The number of allylic oxidation sites excluding steroid dienone is 1. The Hall–Kier alpha value is -1.78. The minimum Gasteiger partial charge on any atom is -0.394 e. The zero-order valence-electron chi connectivity index (χ0n) is 13.7. The number of ketones is 1. The molecule has 23 heavy (non-hydrogen) atoms. The van der Waals surface area contributed by atoms with Gasteiger partial charge in [0, 0.05) is 25.2 Å². The van der Waals surface area contributed by atoms with Crippen LogP contribution in [-0.4, -0.2) is 12.8 Å². The first kappa shape index (κ1) is 19.3. The van der Waals surface area contributed by atoms with E-state index in [1.54, 1.807) is 19.3 Å². The maximum absolute atomic E-state index is 12.7. The summed E-state index contributed by atoms with van der Waals surface area (Å²) in [5, 5.41) is 2.85. The van der Waals surface area contributed by atoms with Gasteiger partial charge in [-0.2, -0.15) is 13.2 Å². The Kier molecular flexibility index (Phi) is 7.86. The molecule has 5 heteroatoms. The van der Waals surface area contributed by atoms with E-state index in [-0.39, 0.29) is 12.2 Å². The average Bonchev–Trinajstić information content (AvgIpc) is 2.49. The van der Waals surface area contributed by atoms with E-state index in [0.717, 1.165) is 37.8 Å². The van der Waals surface area contributed by atoms with Gasteiger partial charge in [-0.3, -0.25) is 4.79 Å². The van der Waals surface area contributed by atoms with Gasteiger partial charge in [0.25, 0.3) is 0 Å². The number of rotatable bonds is 9. The molecular formula is C18H24F3NO. The molecule has 0 aliphatic rings. The number of Topliss-reactive ketones (excluding diaryl/α,β-unsaturated/α-hetero) is 1. The Morgan fingerprint density at radius 1 is 1.22 bits per heavy atom. The van der Waals surface area contributed by atoms with Gasteiger partial charge in [-0.05, 0) is 24.5 Å². The predicted octanol–water partition coefficient (Wildman–Crippen LogP) is 4.89. The molecule has 0 fully saturated rings. The Morgan fingerprint density at radius 2 is 1.96 bits per heavy atom. The van der Waals surface area contributed by atoms with E-state index < -0.39 is 11.7 Å². The molecule has 0 atom stereocenters.